The van der Waals surface area contributed by atoms with Crippen LogP contribution in [0.2, 0.25) is 3.67 Å². The van der Waals surface area contributed by atoms with Gasteiger partial charge in [0.25, 0.3) is 11.4 Å². The van der Waals surface area contributed by atoms with E-state index in [0.717, 1.165) is 0 Å². The van der Waals surface area contributed by atoms with Crippen molar-refractivity contribution in [3.05, 3.63) is 0 Å². The van der Waals surface area contributed by atoms with Crippen LogP contribution in [-0.4, -0.2) is 41.2 Å². The molecule has 0 heterocycles. The Bertz CT molecular complexity index is 143. The van der Waals surface area contributed by atoms with E-state index < -0.39 is 11.4 Å². The Labute approximate surface area is 127 Å². The monoisotopic (exact) mass is 274 g/mol. The average molecular weight is 274 g/mol. The van der Waals surface area contributed by atoms with E-state index in [0.29, 0.717) is 0 Å². The van der Waals surface area contributed by atoms with Crippen molar-refractivity contribution >= 4 is 39.3 Å². The van der Waals surface area contributed by atoms with E-state index in [1.54, 1.807) is 0 Å². The van der Waals surface area contributed by atoms with Gasteiger partial charge >= 0.3 is 103 Å². The molecular weight excluding hydrogens is 247 g/mol. The van der Waals surface area contributed by atoms with Crippen molar-refractivity contribution in [3.8, 4) is 0 Å². The zero-order valence-electron chi connectivity index (χ0n) is 11.5. The van der Waals surface area contributed by atoms with Crippen LogP contribution >= 0.6 is 0 Å². The fraction of sp³-hybridized carbons (Fsp3) is 1.00. The summed E-state index contributed by atoms with van der Waals surface area (Å²) in [4.78, 5) is 0. The Morgan fingerprint density at radius 1 is 0.824 bits per heavy atom. The summed E-state index contributed by atoms with van der Waals surface area (Å²) in [5, 5.41) is 0. The Morgan fingerprint density at radius 2 is 1.12 bits per heavy atom. The molecule has 0 aliphatic heterocycles. The zero-order valence-corrected chi connectivity index (χ0v) is 14.3. The summed E-state index contributed by atoms with van der Waals surface area (Å²) in [7, 11) is 0. The van der Waals surface area contributed by atoms with Crippen LogP contribution in [-0.2, 0) is 11.4 Å². The second-order valence-electron chi connectivity index (χ2n) is 4.41. The molecular formula is C12H27NaO3S. The first kappa shape index (κ1) is 20.4. The summed E-state index contributed by atoms with van der Waals surface area (Å²) >= 11 is -1.20. The predicted octanol–water partition coefficient (Wildman–Crippen LogP) is 4.18. The van der Waals surface area contributed by atoms with Crippen LogP contribution in [0.15, 0.2) is 0 Å². The summed E-state index contributed by atoms with van der Waals surface area (Å²) in [5.74, 6) is 0. The molecule has 0 bridgehead atoms. The molecule has 0 saturated carbocycles. The van der Waals surface area contributed by atoms with Crippen molar-refractivity contribution in [1.29, 1.82) is 0 Å². The van der Waals surface area contributed by atoms with E-state index in [1.165, 1.54) is 95.8 Å². The van der Waals surface area contributed by atoms with Crippen LogP contribution in [0, 0.1) is 0 Å². The molecule has 17 heavy (non-hydrogen) atoms. The SMILES string of the molecule is CCCCCCCCCCC[CH2][Na].O=S(O)O. The van der Waals surface area contributed by atoms with Gasteiger partial charge in [-0.05, 0) is 0 Å². The van der Waals surface area contributed by atoms with Gasteiger partial charge in [-0.2, -0.15) is 4.21 Å². The molecule has 0 fully saturated rings. The van der Waals surface area contributed by atoms with Crippen molar-refractivity contribution in [2.45, 2.75) is 74.8 Å². The van der Waals surface area contributed by atoms with Gasteiger partial charge in [0, 0.05) is 0 Å². The molecule has 2 N–H and O–H groups in total. The molecule has 0 aromatic heterocycles. The second kappa shape index (κ2) is 19.4. The maximum atomic E-state index is 8.67. The van der Waals surface area contributed by atoms with Gasteiger partial charge in [0.2, 0.25) is 0 Å². The third-order valence-corrected chi connectivity index (χ3v) is 3.41. The van der Waals surface area contributed by atoms with Gasteiger partial charge < -0.3 is 0 Å². The fourth-order valence-electron chi connectivity index (χ4n) is 1.74. The van der Waals surface area contributed by atoms with E-state index in [4.69, 9.17) is 13.3 Å². The van der Waals surface area contributed by atoms with E-state index >= 15 is 0 Å². The van der Waals surface area contributed by atoms with Gasteiger partial charge in [-0.1, -0.05) is 0 Å². The van der Waals surface area contributed by atoms with Gasteiger partial charge in [0.1, 0.15) is 0 Å². The van der Waals surface area contributed by atoms with Crippen molar-refractivity contribution in [2.75, 3.05) is 0 Å². The Balaban J connectivity index is 0. The van der Waals surface area contributed by atoms with Crippen molar-refractivity contribution < 1.29 is 13.3 Å². The Hall–Kier alpha value is 1.07. The molecule has 0 aliphatic rings. The van der Waals surface area contributed by atoms with Crippen LogP contribution in [0.4, 0.5) is 0 Å². The molecule has 0 radical (unpaired) electrons. The molecule has 0 unspecified atom stereocenters. The third kappa shape index (κ3) is 31.6. The zero-order chi connectivity index (χ0) is 13.4. The molecule has 0 aromatic carbocycles. The van der Waals surface area contributed by atoms with Gasteiger partial charge in [-0.15, -0.1) is 0 Å². The van der Waals surface area contributed by atoms with Crippen molar-refractivity contribution in [3.63, 3.8) is 0 Å². The van der Waals surface area contributed by atoms with Crippen LogP contribution in [0.1, 0.15) is 71.1 Å². The molecule has 0 rings (SSSR count). The second-order valence-corrected chi connectivity index (χ2v) is 5.87. The molecule has 100 valence electrons. The molecule has 0 aromatic rings. The van der Waals surface area contributed by atoms with Gasteiger partial charge in [0.15, 0.2) is 0 Å². The quantitative estimate of drug-likeness (QED) is 0.357. The first-order valence-corrected chi connectivity index (χ1v) is 9.42. The molecule has 0 amide bonds. The normalized spacial score (nSPS) is 10.2. The number of rotatable bonds is 10. The molecule has 0 saturated heterocycles. The van der Waals surface area contributed by atoms with Gasteiger partial charge in [-0.25, -0.2) is 0 Å². The fourth-order valence-corrected chi connectivity index (χ4v) is 2.24. The standard InChI is InChI=1S/C12H25.Na.H2O3S/c1-3-5-7-9-11-12-10-8-6-4-2;;1-4(2)3/h1,3-12H2,2H3;;(H2,1,2,3). The largest absolute Gasteiger partial charge is 0.299 e. The molecule has 3 nitrogen and oxygen atoms in total. The van der Waals surface area contributed by atoms with Crippen LogP contribution in [0.5, 0.6) is 0 Å². The average Bonchev–Trinajstić information content (AvgIpc) is 2.26. The molecule has 0 spiro atoms. The summed E-state index contributed by atoms with van der Waals surface area (Å²) in [6.07, 6.45) is 14.7. The molecule has 0 atom stereocenters. The van der Waals surface area contributed by atoms with Crippen LogP contribution < -0.4 is 0 Å². The predicted molar refractivity (Wildman–Crippen MR) is 75.8 cm³/mol. The summed E-state index contributed by atoms with van der Waals surface area (Å²) < 4.78 is 24.3. The number of unbranched alkanes of at least 4 members (excludes halogenated alkanes) is 9. The summed E-state index contributed by atoms with van der Waals surface area (Å²) in [6.45, 7) is 2.29. The minimum Gasteiger partial charge on any atom is -0.284 e. The Kier molecular flexibility index (Phi) is 23.3. The van der Waals surface area contributed by atoms with E-state index in [1.807, 2.05) is 0 Å². The smallest absolute Gasteiger partial charge is 0.284 e. The van der Waals surface area contributed by atoms with Gasteiger partial charge in [-0.3, -0.25) is 9.11 Å². The maximum Gasteiger partial charge on any atom is 0.299 e. The first-order valence-electron chi connectivity index (χ1n) is 6.95. The van der Waals surface area contributed by atoms with E-state index in [-0.39, 0.29) is 0 Å². The van der Waals surface area contributed by atoms with Crippen molar-refractivity contribution in [1.82, 2.24) is 0 Å². The molecule has 5 heteroatoms. The number of hydrogen-bond acceptors (Lipinski definition) is 1. The maximum absolute atomic E-state index is 8.67. The minimum absolute atomic E-state index is 1.38. The van der Waals surface area contributed by atoms with Gasteiger partial charge in [0.05, 0.1) is 0 Å². The van der Waals surface area contributed by atoms with E-state index in [2.05, 4.69) is 6.92 Å². The number of hydrogen-bond donors (Lipinski definition) is 2. The first-order chi connectivity index (χ1) is 8.15. The topological polar surface area (TPSA) is 57.5 Å². The van der Waals surface area contributed by atoms with Crippen LogP contribution in [0.3, 0.4) is 0 Å². The minimum atomic E-state index is -2.61. The summed E-state index contributed by atoms with van der Waals surface area (Å²) in [6, 6.07) is 0. The summed E-state index contributed by atoms with van der Waals surface area (Å²) in [5.41, 5.74) is 0. The third-order valence-electron chi connectivity index (χ3n) is 2.71. The van der Waals surface area contributed by atoms with E-state index in [9.17, 15) is 0 Å². The van der Waals surface area contributed by atoms with Crippen molar-refractivity contribution in [2.24, 2.45) is 0 Å². The van der Waals surface area contributed by atoms with Crippen LogP contribution in [0.25, 0.3) is 0 Å². The molecule has 0 aliphatic carbocycles. The Morgan fingerprint density at radius 3 is 1.41 bits per heavy atom.